The minimum atomic E-state index is -0.219. The van der Waals surface area contributed by atoms with Crippen LogP contribution in [-0.4, -0.2) is 23.2 Å². The van der Waals surface area contributed by atoms with E-state index in [1.54, 1.807) is 6.20 Å². The lowest BCUT2D eigenvalue weighted by atomic mass is 10.1. The third-order valence-corrected chi connectivity index (χ3v) is 3.61. The molecule has 0 unspecified atom stereocenters. The first kappa shape index (κ1) is 13.8. The van der Waals surface area contributed by atoms with Crippen molar-refractivity contribution in [2.75, 3.05) is 6.54 Å². The van der Waals surface area contributed by atoms with Crippen LogP contribution < -0.4 is 5.32 Å². The van der Waals surface area contributed by atoms with E-state index in [4.69, 9.17) is 0 Å². The second kappa shape index (κ2) is 5.91. The van der Waals surface area contributed by atoms with Gasteiger partial charge >= 0.3 is 0 Å². The number of hydrogen-bond acceptors (Lipinski definition) is 4. The molecule has 0 aliphatic heterocycles. The van der Waals surface area contributed by atoms with Crippen molar-refractivity contribution in [3.05, 3.63) is 16.1 Å². The van der Waals surface area contributed by atoms with Crippen LogP contribution in [0.5, 0.6) is 0 Å². The van der Waals surface area contributed by atoms with Crippen LogP contribution in [0.15, 0.2) is 6.20 Å². The lowest BCUT2D eigenvalue weighted by molar-refractivity contribution is -0.120. The molecule has 1 rings (SSSR count). The zero-order valence-corrected chi connectivity index (χ0v) is 11.4. The molecule has 17 heavy (non-hydrogen) atoms. The van der Waals surface area contributed by atoms with E-state index >= 15 is 0 Å². The van der Waals surface area contributed by atoms with Gasteiger partial charge in [0.25, 0.3) is 5.91 Å². The highest BCUT2D eigenvalue weighted by Gasteiger charge is 2.14. The van der Waals surface area contributed by atoms with Crippen LogP contribution in [0.3, 0.4) is 0 Å². The summed E-state index contributed by atoms with van der Waals surface area (Å²) in [7, 11) is 0. The number of aromatic nitrogens is 1. The first-order valence-corrected chi connectivity index (χ1v) is 6.50. The molecule has 1 aromatic heterocycles. The van der Waals surface area contributed by atoms with Gasteiger partial charge in [0.1, 0.15) is 4.88 Å². The van der Waals surface area contributed by atoms with Crippen LogP contribution in [0, 0.1) is 5.92 Å². The van der Waals surface area contributed by atoms with Gasteiger partial charge in [-0.3, -0.25) is 9.59 Å². The smallest absolute Gasteiger partial charge is 0.263 e. The molecule has 1 aromatic rings. The van der Waals surface area contributed by atoms with Crippen LogP contribution in [0.1, 0.15) is 48.3 Å². The number of amides is 1. The van der Waals surface area contributed by atoms with Gasteiger partial charge in [0, 0.05) is 11.8 Å². The van der Waals surface area contributed by atoms with Gasteiger partial charge in [-0.25, -0.2) is 4.98 Å². The van der Waals surface area contributed by atoms with Gasteiger partial charge in [-0.05, 0) is 0 Å². The summed E-state index contributed by atoms with van der Waals surface area (Å²) in [5, 5.41) is 3.55. The summed E-state index contributed by atoms with van der Waals surface area (Å²) in [6.45, 7) is 7.78. The second-order valence-electron chi connectivity index (χ2n) is 4.52. The standard InChI is InChI=1S/C12H18N2O2S/c1-7(2)9(15)5-13-11(16)10-6-14-12(17-10)8(3)4/h6-8H,5H2,1-4H3,(H,13,16). The molecular formula is C12H18N2O2S. The van der Waals surface area contributed by atoms with E-state index in [9.17, 15) is 9.59 Å². The van der Waals surface area contributed by atoms with Gasteiger partial charge in [-0.2, -0.15) is 0 Å². The van der Waals surface area contributed by atoms with E-state index in [1.807, 2.05) is 27.7 Å². The van der Waals surface area contributed by atoms with E-state index in [0.29, 0.717) is 10.8 Å². The number of ketones is 1. The Morgan fingerprint density at radius 2 is 2.00 bits per heavy atom. The van der Waals surface area contributed by atoms with Crippen LogP contribution in [0.2, 0.25) is 0 Å². The van der Waals surface area contributed by atoms with E-state index in [1.165, 1.54) is 11.3 Å². The van der Waals surface area contributed by atoms with Crippen LogP contribution in [0.4, 0.5) is 0 Å². The minimum absolute atomic E-state index is 0.0342. The number of Topliss-reactive ketones (excluding diaryl/α,β-unsaturated/α-hetero) is 1. The molecule has 1 amide bonds. The Balaban J connectivity index is 2.55. The monoisotopic (exact) mass is 254 g/mol. The quantitative estimate of drug-likeness (QED) is 0.876. The SMILES string of the molecule is CC(C)C(=O)CNC(=O)c1cnc(C(C)C)s1. The van der Waals surface area contributed by atoms with E-state index in [2.05, 4.69) is 10.3 Å². The Labute approximate surface area is 105 Å². The highest BCUT2D eigenvalue weighted by atomic mass is 32.1. The fourth-order valence-corrected chi connectivity index (χ4v) is 1.95. The van der Waals surface area contributed by atoms with Gasteiger partial charge in [0.15, 0.2) is 5.78 Å². The van der Waals surface area contributed by atoms with E-state index in [0.717, 1.165) is 5.01 Å². The molecule has 0 atom stereocenters. The summed E-state index contributed by atoms with van der Waals surface area (Å²) in [4.78, 5) is 27.8. The van der Waals surface area contributed by atoms with Crippen molar-refractivity contribution in [3.8, 4) is 0 Å². The molecule has 0 aromatic carbocycles. The molecule has 4 nitrogen and oxygen atoms in total. The predicted molar refractivity (Wildman–Crippen MR) is 68.4 cm³/mol. The van der Waals surface area contributed by atoms with Gasteiger partial charge in [-0.1, -0.05) is 27.7 Å². The Hall–Kier alpha value is -1.23. The van der Waals surface area contributed by atoms with Crippen molar-refractivity contribution < 1.29 is 9.59 Å². The molecule has 0 aliphatic rings. The van der Waals surface area contributed by atoms with Crippen molar-refractivity contribution in [1.29, 1.82) is 0 Å². The molecule has 0 spiro atoms. The molecule has 0 saturated heterocycles. The van der Waals surface area contributed by atoms with Crippen LogP contribution >= 0.6 is 11.3 Å². The Kier molecular flexibility index (Phi) is 4.81. The molecule has 0 aliphatic carbocycles. The molecule has 1 N–H and O–H groups in total. The summed E-state index contributed by atoms with van der Waals surface area (Å²) in [5.74, 6) is 0.0807. The number of nitrogens with one attached hydrogen (secondary N) is 1. The topological polar surface area (TPSA) is 59.1 Å². The van der Waals surface area contributed by atoms with Crippen molar-refractivity contribution in [2.45, 2.75) is 33.6 Å². The predicted octanol–water partition coefficient (Wildman–Crippen LogP) is 2.22. The number of carbonyl (C=O) groups is 2. The molecule has 0 bridgehead atoms. The first-order valence-electron chi connectivity index (χ1n) is 5.68. The number of carbonyl (C=O) groups excluding carboxylic acids is 2. The van der Waals surface area contributed by atoms with Gasteiger partial charge < -0.3 is 5.32 Å². The maximum atomic E-state index is 11.7. The number of rotatable bonds is 5. The first-order chi connectivity index (χ1) is 7.91. The fraction of sp³-hybridized carbons (Fsp3) is 0.583. The zero-order chi connectivity index (χ0) is 13.0. The number of nitrogens with zero attached hydrogens (tertiary/aromatic N) is 1. The summed E-state index contributed by atoms with van der Waals surface area (Å²) in [6, 6.07) is 0. The van der Waals surface area contributed by atoms with E-state index in [-0.39, 0.29) is 24.2 Å². The molecule has 1 heterocycles. The molecule has 0 fully saturated rings. The minimum Gasteiger partial charge on any atom is -0.344 e. The zero-order valence-electron chi connectivity index (χ0n) is 10.6. The summed E-state index contributed by atoms with van der Waals surface area (Å²) in [5.41, 5.74) is 0. The Morgan fingerprint density at radius 3 is 2.47 bits per heavy atom. The summed E-state index contributed by atoms with van der Waals surface area (Å²) < 4.78 is 0. The fourth-order valence-electron chi connectivity index (χ4n) is 1.12. The highest BCUT2D eigenvalue weighted by molar-refractivity contribution is 7.13. The molecule has 5 heteroatoms. The van der Waals surface area contributed by atoms with Crippen molar-refractivity contribution in [1.82, 2.24) is 10.3 Å². The average Bonchev–Trinajstić information content (AvgIpc) is 2.74. The molecule has 0 radical (unpaired) electrons. The molecular weight excluding hydrogens is 236 g/mol. The maximum Gasteiger partial charge on any atom is 0.263 e. The van der Waals surface area contributed by atoms with Crippen molar-refractivity contribution in [2.24, 2.45) is 5.92 Å². The highest BCUT2D eigenvalue weighted by Crippen LogP contribution is 2.20. The van der Waals surface area contributed by atoms with E-state index < -0.39 is 0 Å². The van der Waals surface area contributed by atoms with Gasteiger partial charge in [0.05, 0.1) is 17.7 Å². The summed E-state index contributed by atoms with van der Waals surface area (Å²) >= 11 is 1.37. The van der Waals surface area contributed by atoms with Gasteiger partial charge in [0.2, 0.25) is 0 Å². The second-order valence-corrected chi connectivity index (χ2v) is 5.58. The van der Waals surface area contributed by atoms with Crippen LogP contribution in [-0.2, 0) is 4.79 Å². The third-order valence-electron chi connectivity index (χ3n) is 2.31. The largest absolute Gasteiger partial charge is 0.344 e. The lowest BCUT2D eigenvalue weighted by Crippen LogP contribution is -2.31. The number of thiazole rings is 1. The van der Waals surface area contributed by atoms with Crippen molar-refractivity contribution >= 4 is 23.0 Å². The lowest BCUT2D eigenvalue weighted by Gasteiger charge is -2.04. The Bertz CT molecular complexity index is 410. The average molecular weight is 254 g/mol. The summed E-state index contributed by atoms with van der Waals surface area (Å²) in [6.07, 6.45) is 1.56. The van der Waals surface area contributed by atoms with Crippen LogP contribution in [0.25, 0.3) is 0 Å². The van der Waals surface area contributed by atoms with Gasteiger partial charge in [-0.15, -0.1) is 11.3 Å². The third kappa shape index (κ3) is 3.93. The molecule has 94 valence electrons. The normalized spacial score (nSPS) is 10.9. The van der Waals surface area contributed by atoms with Crippen molar-refractivity contribution in [3.63, 3.8) is 0 Å². The Morgan fingerprint density at radius 1 is 1.35 bits per heavy atom. The number of hydrogen-bond donors (Lipinski definition) is 1. The maximum absolute atomic E-state index is 11.7. The molecule has 0 saturated carbocycles.